The van der Waals surface area contributed by atoms with Crippen LogP contribution in [-0.2, 0) is 6.42 Å². The highest BCUT2D eigenvalue weighted by molar-refractivity contribution is 6.02. The van der Waals surface area contributed by atoms with Gasteiger partial charge in [0.2, 0.25) is 0 Å². The number of hydrogen-bond donors (Lipinski definition) is 2. The van der Waals surface area contributed by atoms with Crippen LogP contribution in [0.3, 0.4) is 0 Å². The van der Waals surface area contributed by atoms with Crippen LogP contribution >= 0.6 is 0 Å². The molecule has 3 aromatic rings. The normalized spacial score (nSPS) is 10.3. The van der Waals surface area contributed by atoms with E-state index in [9.17, 15) is 9.59 Å². The van der Waals surface area contributed by atoms with Crippen molar-refractivity contribution in [2.24, 2.45) is 0 Å². The van der Waals surface area contributed by atoms with Gasteiger partial charge in [0.25, 0.3) is 11.5 Å². The molecule has 150 valence electrons. The minimum atomic E-state index is -0.501. The number of nitrogens with one attached hydrogen (secondary N) is 2. The number of carbonyl (C=O) groups excluding carboxylic acids is 1. The fourth-order valence-electron chi connectivity index (χ4n) is 2.75. The Kier molecular flexibility index (Phi) is 6.13. The molecule has 0 aliphatic rings. The maximum Gasteiger partial charge on any atom is 0.274 e. The minimum absolute atomic E-state index is 0.0204. The molecule has 0 radical (unpaired) electrons. The summed E-state index contributed by atoms with van der Waals surface area (Å²) >= 11 is 0. The molecule has 2 aromatic carbocycles. The lowest BCUT2D eigenvalue weighted by Gasteiger charge is -2.10. The number of H-pyrrole nitrogens is 1. The molecule has 2 N–H and O–H groups in total. The highest BCUT2D eigenvalue weighted by Gasteiger charge is 2.13. The van der Waals surface area contributed by atoms with E-state index >= 15 is 0 Å². The van der Waals surface area contributed by atoms with E-state index in [1.54, 1.807) is 25.3 Å². The summed E-state index contributed by atoms with van der Waals surface area (Å²) in [5.41, 5.74) is 1.03. The van der Waals surface area contributed by atoms with Crippen LogP contribution in [0.2, 0.25) is 0 Å². The molecule has 0 aliphatic carbocycles. The third-order valence-electron chi connectivity index (χ3n) is 4.20. The number of nitrogens with zero attached hydrogens (tertiary/aromatic N) is 1. The van der Waals surface area contributed by atoms with E-state index in [2.05, 4.69) is 15.3 Å². The summed E-state index contributed by atoms with van der Waals surface area (Å²) in [7, 11) is 4.63. The number of rotatable bonds is 7. The molecule has 1 amide bonds. The second-order valence-corrected chi connectivity index (χ2v) is 6.13. The van der Waals surface area contributed by atoms with Crippen LogP contribution in [0, 0.1) is 0 Å². The van der Waals surface area contributed by atoms with Crippen molar-refractivity contribution in [3.63, 3.8) is 0 Å². The molecule has 8 nitrogen and oxygen atoms in total. The van der Waals surface area contributed by atoms with Crippen LogP contribution in [-0.4, -0.2) is 37.2 Å². The van der Waals surface area contributed by atoms with E-state index < -0.39 is 11.5 Å². The Labute approximate surface area is 167 Å². The zero-order valence-electron chi connectivity index (χ0n) is 16.3. The Morgan fingerprint density at radius 1 is 0.966 bits per heavy atom. The van der Waals surface area contributed by atoms with Crippen molar-refractivity contribution in [3.05, 3.63) is 76.0 Å². The Morgan fingerprint density at radius 3 is 2.34 bits per heavy atom. The smallest absolute Gasteiger partial charge is 0.274 e. The van der Waals surface area contributed by atoms with Crippen molar-refractivity contribution in [2.75, 3.05) is 26.6 Å². The van der Waals surface area contributed by atoms with Gasteiger partial charge in [0, 0.05) is 24.2 Å². The summed E-state index contributed by atoms with van der Waals surface area (Å²) in [4.78, 5) is 31.6. The molecule has 0 fully saturated rings. The van der Waals surface area contributed by atoms with Gasteiger partial charge in [0.15, 0.2) is 11.5 Å². The molecule has 0 saturated carbocycles. The van der Waals surface area contributed by atoms with Gasteiger partial charge in [-0.2, -0.15) is 0 Å². The lowest BCUT2D eigenvalue weighted by molar-refractivity contribution is 0.102. The highest BCUT2D eigenvalue weighted by Crippen LogP contribution is 2.29. The Bertz CT molecular complexity index is 1060. The quantitative estimate of drug-likeness (QED) is 0.638. The van der Waals surface area contributed by atoms with Crippen LogP contribution in [0.25, 0.3) is 0 Å². The first-order chi connectivity index (χ1) is 14.0. The second kappa shape index (κ2) is 8.92. The average Bonchev–Trinajstić information content (AvgIpc) is 2.73. The molecule has 0 saturated heterocycles. The van der Waals surface area contributed by atoms with Crippen LogP contribution in [0.4, 0.5) is 5.69 Å². The molecule has 0 aliphatic heterocycles. The summed E-state index contributed by atoms with van der Waals surface area (Å²) in [6, 6.07) is 13.5. The summed E-state index contributed by atoms with van der Waals surface area (Å²) in [5, 5.41) is 2.71. The van der Waals surface area contributed by atoms with Gasteiger partial charge in [0.05, 0.1) is 21.3 Å². The molecule has 0 bridgehead atoms. The number of carbonyl (C=O) groups is 1. The van der Waals surface area contributed by atoms with Crippen molar-refractivity contribution in [2.45, 2.75) is 6.42 Å². The van der Waals surface area contributed by atoms with Gasteiger partial charge >= 0.3 is 0 Å². The second-order valence-electron chi connectivity index (χ2n) is 6.13. The van der Waals surface area contributed by atoms with Gasteiger partial charge in [-0.15, -0.1) is 0 Å². The van der Waals surface area contributed by atoms with Crippen molar-refractivity contribution in [3.8, 4) is 17.2 Å². The fourth-order valence-corrected chi connectivity index (χ4v) is 2.75. The number of anilines is 1. The molecule has 0 atom stereocenters. The summed E-state index contributed by atoms with van der Waals surface area (Å²) in [6.07, 6.45) is 0.372. The topological polar surface area (TPSA) is 103 Å². The van der Waals surface area contributed by atoms with Gasteiger partial charge < -0.3 is 24.5 Å². The Hall–Kier alpha value is -3.81. The highest BCUT2D eigenvalue weighted by atomic mass is 16.5. The predicted octanol–water partition coefficient (Wildman–Crippen LogP) is 2.64. The number of hydrogen-bond acceptors (Lipinski definition) is 6. The molecular weight excluding hydrogens is 374 g/mol. The SMILES string of the molecule is COc1ccc(Cc2nc(C(=O)Nc3ccc(OC)c(OC)c3)cc(=O)[nH]2)cc1. The molecular formula is C21H21N3O5. The summed E-state index contributed by atoms with van der Waals surface area (Å²) in [6.45, 7) is 0. The number of methoxy groups -OCH3 is 3. The Morgan fingerprint density at radius 2 is 1.69 bits per heavy atom. The Balaban J connectivity index is 1.79. The third kappa shape index (κ3) is 4.92. The van der Waals surface area contributed by atoms with Crippen LogP contribution in [0.15, 0.2) is 53.3 Å². The van der Waals surface area contributed by atoms with E-state index in [0.717, 1.165) is 17.4 Å². The number of aromatic nitrogens is 2. The molecule has 1 heterocycles. The summed E-state index contributed by atoms with van der Waals surface area (Å²) < 4.78 is 15.5. The van der Waals surface area contributed by atoms with Crippen LogP contribution in [0.5, 0.6) is 17.2 Å². The molecule has 29 heavy (non-hydrogen) atoms. The van der Waals surface area contributed by atoms with E-state index in [0.29, 0.717) is 29.4 Å². The van der Waals surface area contributed by atoms with Crippen molar-refractivity contribution in [1.82, 2.24) is 9.97 Å². The monoisotopic (exact) mass is 395 g/mol. The zero-order valence-corrected chi connectivity index (χ0v) is 16.3. The number of amides is 1. The molecule has 0 spiro atoms. The van der Waals surface area contributed by atoms with Crippen molar-refractivity contribution in [1.29, 1.82) is 0 Å². The van der Waals surface area contributed by atoms with E-state index in [1.807, 2.05) is 24.3 Å². The van der Waals surface area contributed by atoms with E-state index in [-0.39, 0.29) is 5.69 Å². The lowest BCUT2D eigenvalue weighted by Crippen LogP contribution is -2.20. The standard InChI is InChI=1S/C21H21N3O5/c1-27-15-7-4-13(5-8-15)10-19-23-16(12-20(25)24-19)21(26)22-14-6-9-17(28-2)18(11-14)29-3/h4-9,11-12H,10H2,1-3H3,(H,22,26)(H,23,24,25). The number of ether oxygens (including phenoxy) is 3. The molecule has 8 heteroatoms. The van der Waals surface area contributed by atoms with Gasteiger partial charge in [-0.05, 0) is 29.8 Å². The summed E-state index contributed by atoms with van der Waals surface area (Å²) in [5.74, 6) is 1.64. The number of benzene rings is 2. The zero-order chi connectivity index (χ0) is 20.8. The van der Waals surface area contributed by atoms with Crippen molar-refractivity contribution >= 4 is 11.6 Å². The van der Waals surface area contributed by atoms with Crippen LogP contribution in [0.1, 0.15) is 21.9 Å². The molecule has 3 rings (SSSR count). The van der Waals surface area contributed by atoms with E-state index in [1.165, 1.54) is 14.2 Å². The third-order valence-corrected chi connectivity index (χ3v) is 4.20. The first-order valence-corrected chi connectivity index (χ1v) is 8.79. The average molecular weight is 395 g/mol. The fraction of sp³-hybridized carbons (Fsp3) is 0.190. The van der Waals surface area contributed by atoms with Gasteiger partial charge in [-0.1, -0.05) is 12.1 Å². The largest absolute Gasteiger partial charge is 0.497 e. The van der Waals surface area contributed by atoms with Crippen molar-refractivity contribution < 1.29 is 19.0 Å². The van der Waals surface area contributed by atoms with Gasteiger partial charge in [0.1, 0.15) is 17.3 Å². The molecule has 0 unspecified atom stereocenters. The first kappa shape index (κ1) is 19.9. The van der Waals surface area contributed by atoms with Crippen LogP contribution < -0.4 is 25.1 Å². The maximum absolute atomic E-state index is 12.6. The van der Waals surface area contributed by atoms with Gasteiger partial charge in [-0.25, -0.2) is 4.98 Å². The van der Waals surface area contributed by atoms with E-state index in [4.69, 9.17) is 14.2 Å². The lowest BCUT2D eigenvalue weighted by atomic mass is 10.1. The predicted molar refractivity (Wildman–Crippen MR) is 108 cm³/mol. The first-order valence-electron chi connectivity index (χ1n) is 8.79. The minimum Gasteiger partial charge on any atom is -0.497 e. The maximum atomic E-state index is 12.6. The van der Waals surface area contributed by atoms with Gasteiger partial charge in [-0.3, -0.25) is 9.59 Å². The molecule has 1 aromatic heterocycles. The number of aromatic amines is 1.